The number of nitrogens with zero attached hydrogens (tertiary/aromatic N) is 2. The Labute approximate surface area is 149 Å². The predicted molar refractivity (Wildman–Crippen MR) is 104 cm³/mol. The smallest absolute Gasteiger partial charge is 0.212 e. The molecule has 0 bridgehead atoms. The van der Waals surface area contributed by atoms with E-state index in [1.807, 2.05) is 54.2 Å². The highest BCUT2D eigenvalue weighted by Gasteiger charge is 2.10. The highest BCUT2D eigenvalue weighted by Crippen LogP contribution is 2.17. The van der Waals surface area contributed by atoms with Crippen molar-refractivity contribution in [3.63, 3.8) is 0 Å². The normalized spacial score (nSPS) is 11.6. The van der Waals surface area contributed by atoms with E-state index in [1.54, 1.807) is 12.2 Å². The van der Waals surface area contributed by atoms with E-state index in [0.717, 1.165) is 17.1 Å². The highest BCUT2D eigenvalue weighted by atomic mass is 16.5. The number of aromatic nitrogens is 2. The predicted octanol–water partition coefficient (Wildman–Crippen LogP) is 3.88. The Morgan fingerprint density at radius 1 is 1.24 bits per heavy atom. The van der Waals surface area contributed by atoms with Crippen molar-refractivity contribution in [1.29, 1.82) is 0 Å². The van der Waals surface area contributed by atoms with Crippen LogP contribution in [0, 0.1) is 0 Å². The zero-order valence-electron chi connectivity index (χ0n) is 14.7. The van der Waals surface area contributed by atoms with Crippen molar-refractivity contribution in [2.45, 2.75) is 13.1 Å². The van der Waals surface area contributed by atoms with Crippen molar-refractivity contribution in [2.75, 3.05) is 13.7 Å². The Balaban J connectivity index is 2.17. The first kappa shape index (κ1) is 18.5. The summed E-state index contributed by atoms with van der Waals surface area (Å²) < 4.78 is 7.91. The van der Waals surface area contributed by atoms with Gasteiger partial charge in [0, 0.05) is 12.6 Å². The van der Waals surface area contributed by atoms with Crippen LogP contribution in [0.2, 0.25) is 0 Å². The summed E-state index contributed by atoms with van der Waals surface area (Å²) in [6.45, 7) is 9.25. The molecule has 0 aliphatic rings. The summed E-state index contributed by atoms with van der Waals surface area (Å²) in [5.41, 5.74) is 3.14. The average Bonchev–Trinajstić information content (AvgIpc) is 3.00. The maximum Gasteiger partial charge on any atom is 0.212 e. The Morgan fingerprint density at radius 3 is 2.72 bits per heavy atom. The van der Waals surface area contributed by atoms with Gasteiger partial charge in [-0.05, 0) is 18.2 Å². The molecule has 2 rings (SSSR count). The molecule has 0 amide bonds. The van der Waals surface area contributed by atoms with E-state index >= 15 is 0 Å². The van der Waals surface area contributed by atoms with E-state index in [-0.39, 0.29) is 0 Å². The van der Waals surface area contributed by atoms with E-state index in [0.29, 0.717) is 19.7 Å². The van der Waals surface area contributed by atoms with Crippen LogP contribution < -0.4 is 10.1 Å². The average molecular weight is 335 g/mol. The zero-order chi connectivity index (χ0) is 17.9. The summed E-state index contributed by atoms with van der Waals surface area (Å²) in [4.78, 5) is 0. The molecule has 0 saturated carbocycles. The molecular formula is C21H25N3O. The minimum Gasteiger partial charge on any atom is -0.473 e. The molecule has 130 valence electrons. The van der Waals surface area contributed by atoms with E-state index in [9.17, 15) is 0 Å². The number of allylic oxidation sites excluding steroid dienone is 4. The van der Waals surface area contributed by atoms with Gasteiger partial charge in [0.15, 0.2) is 0 Å². The van der Waals surface area contributed by atoms with Crippen LogP contribution in [0.15, 0.2) is 85.5 Å². The van der Waals surface area contributed by atoms with Crippen LogP contribution in [0.4, 0.5) is 0 Å². The molecule has 0 aliphatic heterocycles. The fourth-order valence-electron chi connectivity index (χ4n) is 2.36. The van der Waals surface area contributed by atoms with Crippen molar-refractivity contribution < 1.29 is 4.74 Å². The lowest BCUT2D eigenvalue weighted by molar-refractivity contribution is 0.318. The Kier molecular flexibility index (Phi) is 7.47. The molecule has 4 nitrogen and oxygen atoms in total. The van der Waals surface area contributed by atoms with Crippen LogP contribution in [-0.4, -0.2) is 23.4 Å². The molecule has 0 fully saturated rings. The van der Waals surface area contributed by atoms with Crippen LogP contribution in [0.5, 0.6) is 5.88 Å². The van der Waals surface area contributed by atoms with Crippen molar-refractivity contribution >= 4 is 0 Å². The van der Waals surface area contributed by atoms with Crippen LogP contribution in [0.3, 0.4) is 0 Å². The maximum atomic E-state index is 6.02. The Hall–Kier alpha value is -2.85. The van der Waals surface area contributed by atoms with Gasteiger partial charge >= 0.3 is 0 Å². The lowest BCUT2D eigenvalue weighted by atomic mass is 10.2. The minimum atomic E-state index is 0.440. The maximum absolute atomic E-state index is 6.02. The number of ether oxygens (including phenoxy) is 1. The third-order valence-corrected chi connectivity index (χ3v) is 3.49. The molecule has 4 heteroatoms. The minimum absolute atomic E-state index is 0.440. The molecule has 0 aliphatic carbocycles. The first-order valence-corrected chi connectivity index (χ1v) is 8.25. The molecule has 0 radical (unpaired) electrons. The standard InChI is InChI=1S/C21H25N3O/c1-4-6-11-19(10-5-2)17-25-21-14-20(15-22-3)23-24(21)16-18-12-8-7-9-13-18/h4-14,22H,1-2,15-17H2,3H3/b11-6-,19-10+. The Bertz CT molecular complexity index is 742. The lowest BCUT2D eigenvalue weighted by Crippen LogP contribution is -2.09. The second kappa shape index (κ2) is 10.1. The van der Waals surface area contributed by atoms with Gasteiger partial charge in [-0.25, -0.2) is 4.68 Å². The van der Waals surface area contributed by atoms with Gasteiger partial charge < -0.3 is 10.1 Å². The number of hydrogen-bond acceptors (Lipinski definition) is 3. The molecule has 1 heterocycles. The number of rotatable bonds is 10. The van der Waals surface area contributed by atoms with Gasteiger partial charge in [-0.2, -0.15) is 5.10 Å². The third-order valence-electron chi connectivity index (χ3n) is 3.49. The summed E-state index contributed by atoms with van der Waals surface area (Å²) in [5, 5.41) is 7.76. The summed E-state index contributed by atoms with van der Waals surface area (Å²) >= 11 is 0. The second-order valence-electron chi connectivity index (χ2n) is 5.51. The van der Waals surface area contributed by atoms with Crippen molar-refractivity contribution in [2.24, 2.45) is 0 Å². The van der Waals surface area contributed by atoms with Gasteiger partial charge in [0.05, 0.1) is 12.2 Å². The van der Waals surface area contributed by atoms with Crippen molar-refractivity contribution in [1.82, 2.24) is 15.1 Å². The monoisotopic (exact) mass is 335 g/mol. The van der Waals surface area contributed by atoms with Crippen LogP contribution in [0.1, 0.15) is 11.3 Å². The summed E-state index contributed by atoms with van der Waals surface area (Å²) in [5.74, 6) is 0.746. The Morgan fingerprint density at radius 2 is 2.04 bits per heavy atom. The molecule has 2 aromatic rings. The van der Waals surface area contributed by atoms with Gasteiger partial charge in [-0.1, -0.05) is 73.9 Å². The van der Waals surface area contributed by atoms with Crippen LogP contribution in [-0.2, 0) is 13.1 Å². The van der Waals surface area contributed by atoms with Crippen molar-refractivity contribution in [3.8, 4) is 5.88 Å². The van der Waals surface area contributed by atoms with Gasteiger partial charge in [0.25, 0.3) is 0 Å². The SMILES string of the molecule is C=C/C=C\C(=C/C=C)COc1cc(CNC)nn1Cc1ccccc1. The van der Waals surface area contributed by atoms with E-state index < -0.39 is 0 Å². The zero-order valence-corrected chi connectivity index (χ0v) is 14.7. The van der Waals surface area contributed by atoms with E-state index in [2.05, 4.69) is 35.7 Å². The first-order valence-electron chi connectivity index (χ1n) is 8.25. The van der Waals surface area contributed by atoms with Gasteiger partial charge in [0.1, 0.15) is 6.61 Å². The molecule has 0 atom stereocenters. The lowest BCUT2D eigenvalue weighted by Gasteiger charge is -2.10. The quantitative estimate of drug-likeness (QED) is 0.670. The van der Waals surface area contributed by atoms with Crippen LogP contribution >= 0.6 is 0 Å². The first-order chi connectivity index (χ1) is 12.3. The number of nitrogens with one attached hydrogen (secondary N) is 1. The summed E-state index contributed by atoms with van der Waals surface area (Å²) in [7, 11) is 1.90. The fraction of sp³-hybridized carbons (Fsp3) is 0.190. The largest absolute Gasteiger partial charge is 0.473 e. The molecule has 1 aromatic heterocycles. The molecule has 0 spiro atoms. The van der Waals surface area contributed by atoms with Crippen LogP contribution in [0.25, 0.3) is 0 Å². The molecule has 1 aromatic carbocycles. The molecular weight excluding hydrogens is 310 g/mol. The number of benzene rings is 1. The highest BCUT2D eigenvalue weighted by molar-refractivity contribution is 5.27. The summed E-state index contributed by atoms with van der Waals surface area (Å²) in [6, 6.07) is 12.2. The molecule has 1 N–H and O–H groups in total. The topological polar surface area (TPSA) is 39.1 Å². The molecule has 25 heavy (non-hydrogen) atoms. The number of hydrogen-bond donors (Lipinski definition) is 1. The van der Waals surface area contributed by atoms with E-state index in [4.69, 9.17) is 4.74 Å². The second-order valence-corrected chi connectivity index (χ2v) is 5.51. The van der Waals surface area contributed by atoms with Gasteiger partial charge in [-0.3, -0.25) is 0 Å². The summed E-state index contributed by atoms with van der Waals surface area (Å²) in [6.07, 6.45) is 9.25. The van der Waals surface area contributed by atoms with Crippen molar-refractivity contribution in [3.05, 3.63) is 96.8 Å². The van der Waals surface area contributed by atoms with Gasteiger partial charge in [-0.15, -0.1) is 0 Å². The fourth-order valence-corrected chi connectivity index (χ4v) is 2.36. The van der Waals surface area contributed by atoms with E-state index in [1.165, 1.54) is 5.56 Å². The van der Waals surface area contributed by atoms with Gasteiger partial charge in [0.2, 0.25) is 5.88 Å². The molecule has 0 saturated heterocycles. The molecule has 0 unspecified atom stereocenters. The third kappa shape index (κ3) is 5.94.